The normalized spacial score (nSPS) is 28.6. The Morgan fingerprint density at radius 2 is 2.26 bits per heavy atom. The number of aliphatic carboxylic acids is 1. The third kappa shape index (κ3) is 1.81. The van der Waals surface area contributed by atoms with Crippen LogP contribution in [-0.2, 0) is 4.79 Å². The van der Waals surface area contributed by atoms with E-state index in [4.69, 9.17) is 0 Å². The van der Waals surface area contributed by atoms with Crippen LogP contribution in [-0.4, -0.2) is 33.1 Å². The minimum Gasteiger partial charge on any atom is -0.481 e. The van der Waals surface area contributed by atoms with Gasteiger partial charge in [-0.1, -0.05) is 0 Å². The average molecular weight is 263 g/mol. The number of nitrogens with zero attached hydrogens (tertiary/aromatic N) is 3. The molecule has 3 unspecified atom stereocenters. The van der Waals surface area contributed by atoms with Crippen molar-refractivity contribution in [3.8, 4) is 0 Å². The molecule has 1 aromatic heterocycles. The van der Waals surface area contributed by atoms with Gasteiger partial charge in [0.15, 0.2) is 0 Å². The minimum absolute atomic E-state index is 0.0311. The van der Waals surface area contributed by atoms with Crippen LogP contribution in [0.25, 0.3) is 0 Å². The van der Waals surface area contributed by atoms with Gasteiger partial charge in [-0.25, -0.2) is 4.98 Å². The van der Waals surface area contributed by atoms with Crippen LogP contribution in [0.15, 0.2) is 18.3 Å². The van der Waals surface area contributed by atoms with Crippen molar-refractivity contribution in [3.63, 3.8) is 0 Å². The summed E-state index contributed by atoms with van der Waals surface area (Å²) >= 11 is 0. The van der Waals surface area contributed by atoms with Crippen LogP contribution in [0.5, 0.6) is 0 Å². The van der Waals surface area contributed by atoms with Gasteiger partial charge in [0.25, 0.3) is 5.69 Å². The molecule has 2 saturated heterocycles. The van der Waals surface area contributed by atoms with Crippen molar-refractivity contribution in [3.05, 3.63) is 28.4 Å². The second-order valence-corrected chi connectivity index (χ2v) is 5.02. The summed E-state index contributed by atoms with van der Waals surface area (Å²) in [4.78, 5) is 27.4. The molecule has 2 aliphatic rings. The van der Waals surface area contributed by atoms with E-state index in [2.05, 4.69) is 4.98 Å². The molecule has 2 aliphatic heterocycles. The second-order valence-electron chi connectivity index (χ2n) is 5.02. The summed E-state index contributed by atoms with van der Waals surface area (Å²) in [6.45, 7) is 0. The summed E-state index contributed by atoms with van der Waals surface area (Å²) in [6, 6.07) is 3.18. The van der Waals surface area contributed by atoms with Crippen LogP contribution in [0.1, 0.15) is 19.3 Å². The number of fused-ring (bicyclic) bond motifs is 2. The van der Waals surface area contributed by atoms with Crippen molar-refractivity contribution in [1.29, 1.82) is 0 Å². The van der Waals surface area contributed by atoms with Crippen LogP contribution in [0.3, 0.4) is 0 Å². The smallest absolute Gasteiger partial charge is 0.308 e. The van der Waals surface area contributed by atoms with Gasteiger partial charge in [-0.05, 0) is 25.3 Å². The molecule has 0 amide bonds. The lowest BCUT2D eigenvalue weighted by molar-refractivity contribution is -0.385. The highest BCUT2D eigenvalue weighted by Crippen LogP contribution is 2.44. The number of hydrogen-bond donors (Lipinski definition) is 1. The van der Waals surface area contributed by atoms with E-state index in [9.17, 15) is 20.0 Å². The quantitative estimate of drug-likeness (QED) is 0.654. The van der Waals surface area contributed by atoms with E-state index in [1.54, 1.807) is 6.07 Å². The predicted octanol–water partition coefficient (Wildman–Crippen LogP) is 1.43. The van der Waals surface area contributed by atoms with Crippen molar-refractivity contribution in [2.75, 3.05) is 4.90 Å². The zero-order chi connectivity index (χ0) is 13.6. The standard InChI is InChI=1S/C12H13N3O4/c16-12(17)9-5-7-1-3-10(9)14(7)11-4-2-8(6-13-11)15(18)19/h2,4,6-7,9-10H,1,3,5H2,(H,16,17). The molecule has 3 atom stereocenters. The number of hydrogen-bond acceptors (Lipinski definition) is 5. The van der Waals surface area contributed by atoms with Crippen LogP contribution < -0.4 is 4.90 Å². The Morgan fingerprint density at radius 3 is 2.79 bits per heavy atom. The summed E-state index contributed by atoms with van der Waals surface area (Å²) < 4.78 is 0. The highest BCUT2D eigenvalue weighted by atomic mass is 16.6. The fraction of sp³-hybridized carbons (Fsp3) is 0.500. The van der Waals surface area contributed by atoms with Gasteiger partial charge < -0.3 is 10.0 Å². The Morgan fingerprint density at radius 1 is 1.47 bits per heavy atom. The van der Waals surface area contributed by atoms with E-state index in [0.29, 0.717) is 12.2 Å². The van der Waals surface area contributed by atoms with Crippen molar-refractivity contribution in [2.45, 2.75) is 31.3 Å². The molecule has 0 aliphatic carbocycles. The topological polar surface area (TPSA) is 96.6 Å². The van der Waals surface area contributed by atoms with E-state index in [0.717, 1.165) is 12.8 Å². The van der Waals surface area contributed by atoms with Crippen molar-refractivity contribution in [1.82, 2.24) is 4.98 Å². The number of anilines is 1. The highest BCUT2D eigenvalue weighted by Gasteiger charge is 2.49. The average Bonchev–Trinajstić information content (AvgIpc) is 2.96. The summed E-state index contributed by atoms with van der Waals surface area (Å²) in [6.07, 6.45) is 3.68. The van der Waals surface area contributed by atoms with Gasteiger partial charge in [0.05, 0.1) is 10.8 Å². The molecular weight excluding hydrogens is 250 g/mol. The third-order valence-corrected chi connectivity index (χ3v) is 4.06. The van der Waals surface area contributed by atoms with Gasteiger partial charge in [-0.15, -0.1) is 0 Å². The molecule has 2 fully saturated rings. The van der Waals surface area contributed by atoms with Crippen LogP contribution in [0.2, 0.25) is 0 Å². The van der Waals surface area contributed by atoms with Crippen LogP contribution in [0.4, 0.5) is 11.5 Å². The van der Waals surface area contributed by atoms with E-state index in [1.165, 1.54) is 12.3 Å². The fourth-order valence-corrected chi connectivity index (χ4v) is 3.25. The van der Waals surface area contributed by atoms with E-state index < -0.39 is 10.9 Å². The van der Waals surface area contributed by atoms with Crippen molar-refractivity contribution in [2.24, 2.45) is 5.92 Å². The first kappa shape index (κ1) is 11.9. The molecule has 100 valence electrons. The van der Waals surface area contributed by atoms with Gasteiger partial charge >= 0.3 is 5.97 Å². The Bertz CT molecular complexity index is 530. The van der Waals surface area contributed by atoms with E-state index >= 15 is 0 Å². The zero-order valence-corrected chi connectivity index (χ0v) is 10.1. The molecule has 1 N–H and O–H groups in total. The van der Waals surface area contributed by atoms with Crippen LogP contribution >= 0.6 is 0 Å². The maximum Gasteiger partial charge on any atom is 0.308 e. The zero-order valence-electron chi connectivity index (χ0n) is 10.1. The van der Waals surface area contributed by atoms with E-state index in [1.807, 2.05) is 4.90 Å². The first-order chi connectivity index (χ1) is 9.08. The molecule has 7 nitrogen and oxygen atoms in total. The fourth-order valence-electron chi connectivity index (χ4n) is 3.25. The largest absolute Gasteiger partial charge is 0.481 e. The highest BCUT2D eigenvalue weighted by molar-refractivity contribution is 5.73. The maximum absolute atomic E-state index is 11.2. The monoisotopic (exact) mass is 263 g/mol. The summed E-state index contributed by atoms with van der Waals surface area (Å²) in [5.41, 5.74) is -0.0509. The number of rotatable bonds is 3. The SMILES string of the molecule is O=C(O)C1CC2CCC1N2c1ccc([N+](=O)[O-])cn1. The Labute approximate surface area is 109 Å². The molecule has 0 radical (unpaired) electrons. The van der Waals surface area contributed by atoms with Gasteiger partial charge in [0.2, 0.25) is 0 Å². The number of pyridine rings is 1. The third-order valence-electron chi connectivity index (χ3n) is 4.06. The lowest BCUT2D eigenvalue weighted by Gasteiger charge is -2.23. The molecule has 1 aromatic rings. The van der Waals surface area contributed by atoms with Gasteiger partial charge in [-0.3, -0.25) is 14.9 Å². The lowest BCUT2D eigenvalue weighted by atomic mass is 9.89. The molecule has 3 rings (SSSR count). The maximum atomic E-state index is 11.2. The molecule has 0 aromatic carbocycles. The van der Waals surface area contributed by atoms with Crippen molar-refractivity contribution >= 4 is 17.5 Å². The molecule has 7 heteroatoms. The number of aromatic nitrogens is 1. The number of nitro groups is 1. The molecular formula is C12H13N3O4. The second kappa shape index (κ2) is 4.18. The Balaban J connectivity index is 1.87. The summed E-state index contributed by atoms with van der Waals surface area (Å²) in [5.74, 6) is -0.475. The van der Waals surface area contributed by atoms with Gasteiger partial charge in [0.1, 0.15) is 12.0 Å². The number of carboxylic acid groups (broad SMARTS) is 1. The molecule has 3 heterocycles. The van der Waals surface area contributed by atoms with Gasteiger partial charge in [-0.2, -0.15) is 0 Å². The predicted molar refractivity (Wildman–Crippen MR) is 65.9 cm³/mol. The summed E-state index contributed by atoms with van der Waals surface area (Å²) in [7, 11) is 0. The number of carbonyl (C=O) groups is 1. The molecule has 2 bridgehead atoms. The Kier molecular flexibility index (Phi) is 2.62. The molecule has 19 heavy (non-hydrogen) atoms. The van der Waals surface area contributed by atoms with Crippen LogP contribution in [0, 0.1) is 16.0 Å². The van der Waals surface area contributed by atoms with Gasteiger partial charge in [0, 0.05) is 18.2 Å². The summed E-state index contributed by atoms with van der Waals surface area (Å²) in [5, 5.41) is 19.8. The number of carboxylic acids is 1. The van der Waals surface area contributed by atoms with Crippen molar-refractivity contribution < 1.29 is 14.8 Å². The molecule has 0 saturated carbocycles. The van der Waals surface area contributed by atoms with E-state index in [-0.39, 0.29) is 23.7 Å². The Hall–Kier alpha value is -2.18. The first-order valence-electron chi connectivity index (χ1n) is 6.19. The minimum atomic E-state index is -0.765. The lowest BCUT2D eigenvalue weighted by Crippen LogP contribution is -2.33. The first-order valence-corrected chi connectivity index (χ1v) is 6.19. The molecule has 0 spiro atoms.